The van der Waals surface area contributed by atoms with Gasteiger partial charge in [0.2, 0.25) is 0 Å². The zero-order valence-electron chi connectivity index (χ0n) is 11.5. The third kappa shape index (κ3) is 4.94. The molecule has 0 unspecified atom stereocenters. The number of carboxylic acids is 1. The van der Waals surface area contributed by atoms with Gasteiger partial charge in [-0.2, -0.15) is 0 Å². The van der Waals surface area contributed by atoms with Gasteiger partial charge in [0.15, 0.2) is 0 Å². The average molecular weight is 256 g/mol. The smallest absolute Gasteiger partial charge is 0.317 e. The van der Waals surface area contributed by atoms with Gasteiger partial charge in [0.05, 0.1) is 0 Å². The molecule has 5 nitrogen and oxygen atoms in total. The topological polar surface area (TPSA) is 69.6 Å². The maximum atomic E-state index is 11.9. The van der Waals surface area contributed by atoms with Crippen molar-refractivity contribution in [2.24, 2.45) is 5.92 Å². The van der Waals surface area contributed by atoms with E-state index in [0.717, 1.165) is 6.54 Å². The van der Waals surface area contributed by atoms with Crippen LogP contribution in [0.25, 0.3) is 0 Å². The van der Waals surface area contributed by atoms with Gasteiger partial charge in [-0.15, -0.1) is 0 Å². The Balaban J connectivity index is 2.33. The summed E-state index contributed by atoms with van der Waals surface area (Å²) in [4.78, 5) is 24.2. The third-order valence-corrected chi connectivity index (χ3v) is 3.51. The number of nitrogens with one attached hydrogen (secondary N) is 1. The lowest BCUT2D eigenvalue weighted by atomic mass is 9.85. The average Bonchev–Trinajstić information content (AvgIpc) is 2.19. The fraction of sp³-hybridized carbons (Fsp3) is 0.846. The van der Waals surface area contributed by atoms with Crippen LogP contribution in [0.5, 0.6) is 0 Å². The Hall–Kier alpha value is -1.26. The van der Waals surface area contributed by atoms with Crippen LogP contribution in [-0.4, -0.2) is 41.1 Å². The molecule has 0 aliphatic heterocycles. The van der Waals surface area contributed by atoms with Crippen molar-refractivity contribution >= 4 is 12.0 Å². The molecule has 0 aromatic rings. The highest BCUT2D eigenvalue weighted by Gasteiger charge is 2.25. The minimum Gasteiger partial charge on any atom is -0.481 e. The summed E-state index contributed by atoms with van der Waals surface area (Å²) in [6, 6.07) is -0.114. The lowest BCUT2D eigenvalue weighted by Crippen LogP contribution is -2.50. The molecule has 18 heavy (non-hydrogen) atoms. The Labute approximate surface area is 109 Å². The highest BCUT2D eigenvalue weighted by atomic mass is 16.4. The maximum Gasteiger partial charge on any atom is 0.317 e. The van der Waals surface area contributed by atoms with E-state index < -0.39 is 11.5 Å². The molecule has 0 aromatic carbocycles. The lowest BCUT2D eigenvalue weighted by Gasteiger charge is -2.33. The van der Waals surface area contributed by atoms with Crippen molar-refractivity contribution in [2.75, 3.05) is 13.6 Å². The first-order valence-electron chi connectivity index (χ1n) is 6.55. The van der Waals surface area contributed by atoms with Gasteiger partial charge in [-0.25, -0.2) is 4.79 Å². The number of urea groups is 1. The zero-order valence-corrected chi connectivity index (χ0v) is 11.5. The summed E-state index contributed by atoms with van der Waals surface area (Å²) in [6.07, 6.45) is 4.19. The fourth-order valence-electron chi connectivity index (χ4n) is 2.01. The zero-order chi connectivity index (χ0) is 13.8. The Morgan fingerprint density at radius 1 is 1.39 bits per heavy atom. The van der Waals surface area contributed by atoms with E-state index in [-0.39, 0.29) is 12.5 Å². The number of carboxylic acid groups (broad SMARTS) is 1. The van der Waals surface area contributed by atoms with Crippen molar-refractivity contribution < 1.29 is 14.7 Å². The number of aliphatic carboxylic acids is 1. The molecule has 104 valence electrons. The molecule has 5 heteroatoms. The summed E-state index contributed by atoms with van der Waals surface area (Å²) in [7, 11) is 1.79. The highest BCUT2D eigenvalue weighted by molar-refractivity contribution is 5.75. The number of nitrogens with zero attached hydrogens (tertiary/aromatic N) is 1. The number of carbonyl (C=O) groups is 2. The first-order valence-corrected chi connectivity index (χ1v) is 6.55. The van der Waals surface area contributed by atoms with Crippen LogP contribution in [0.15, 0.2) is 0 Å². The first-order chi connectivity index (χ1) is 8.30. The molecule has 1 rings (SSSR count). The number of hydrogen-bond donors (Lipinski definition) is 2. The van der Waals surface area contributed by atoms with Crippen molar-refractivity contribution in [3.63, 3.8) is 0 Å². The molecule has 0 aromatic heterocycles. The number of hydrogen-bond acceptors (Lipinski definition) is 2. The molecule has 0 radical (unpaired) electrons. The third-order valence-electron chi connectivity index (χ3n) is 3.51. The minimum atomic E-state index is -0.833. The summed E-state index contributed by atoms with van der Waals surface area (Å²) in [5, 5.41) is 11.5. The predicted molar refractivity (Wildman–Crippen MR) is 69.5 cm³/mol. The van der Waals surface area contributed by atoms with Crippen molar-refractivity contribution in [3.8, 4) is 0 Å². The fourth-order valence-corrected chi connectivity index (χ4v) is 2.01. The SMILES string of the molecule is CN(CC1CCC1)C(=O)NC(C)(C)CCC(=O)O. The van der Waals surface area contributed by atoms with Gasteiger partial charge >= 0.3 is 12.0 Å². The molecule has 1 aliphatic carbocycles. The minimum absolute atomic E-state index is 0.0691. The van der Waals surface area contributed by atoms with Gasteiger partial charge in [0.25, 0.3) is 0 Å². The second-order valence-electron chi connectivity index (χ2n) is 5.89. The van der Waals surface area contributed by atoms with Gasteiger partial charge in [-0.05, 0) is 39.0 Å². The molecule has 0 saturated heterocycles. The molecule has 2 N–H and O–H groups in total. The normalized spacial score (nSPS) is 15.9. The van der Waals surface area contributed by atoms with Crippen molar-refractivity contribution in [2.45, 2.75) is 51.5 Å². The summed E-state index contributed by atoms with van der Waals surface area (Å²) in [5.41, 5.74) is -0.483. The molecule has 0 spiro atoms. The Morgan fingerprint density at radius 3 is 2.44 bits per heavy atom. The van der Waals surface area contributed by atoms with Gasteiger partial charge < -0.3 is 15.3 Å². The van der Waals surface area contributed by atoms with E-state index in [1.165, 1.54) is 19.3 Å². The summed E-state index contributed by atoms with van der Waals surface area (Å²) >= 11 is 0. The van der Waals surface area contributed by atoms with Crippen LogP contribution < -0.4 is 5.32 Å². The molecule has 1 aliphatic rings. The standard InChI is InChI=1S/C13H24N2O3/c1-13(2,8-7-11(16)17)14-12(18)15(3)9-10-5-4-6-10/h10H,4-9H2,1-3H3,(H,14,18)(H,16,17). The Morgan fingerprint density at radius 2 is 2.00 bits per heavy atom. The molecule has 1 fully saturated rings. The van der Waals surface area contributed by atoms with Crippen LogP contribution in [-0.2, 0) is 4.79 Å². The van der Waals surface area contributed by atoms with Crippen LogP contribution in [0.2, 0.25) is 0 Å². The van der Waals surface area contributed by atoms with Gasteiger partial charge in [0.1, 0.15) is 0 Å². The second-order valence-corrected chi connectivity index (χ2v) is 5.89. The van der Waals surface area contributed by atoms with E-state index in [2.05, 4.69) is 5.32 Å². The van der Waals surface area contributed by atoms with Gasteiger partial charge in [-0.1, -0.05) is 6.42 Å². The molecule has 0 bridgehead atoms. The molecule has 2 amide bonds. The quantitative estimate of drug-likeness (QED) is 0.764. The summed E-state index contributed by atoms with van der Waals surface area (Å²) < 4.78 is 0. The Kier molecular flexibility index (Phi) is 4.99. The van der Waals surface area contributed by atoms with Crippen molar-refractivity contribution in [3.05, 3.63) is 0 Å². The van der Waals surface area contributed by atoms with Gasteiger partial charge in [0, 0.05) is 25.6 Å². The summed E-state index contributed by atoms with van der Waals surface area (Å²) in [6.45, 7) is 4.50. The first kappa shape index (κ1) is 14.8. The summed E-state index contributed by atoms with van der Waals surface area (Å²) in [5.74, 6) is -0.192. The van der Waals surface area contributed by atoms with E-state index >= 15 is 0 Å². The van der Waals surface area contributed by atoms with Crippen LogP contribution in [0.3, 0.4) is 0 Å². The van der Waals surface area contributed by atoms with Crippen LogP contribution in [0, 0.1) is 5.92 Å². The van der Waals surface area contributed by atoms with Crippen LogP contribution in [0.1, 0.15) is 46.0 Å². The molecule has 0 atom stereocenters. The van der Waals surface area contributed by atoms with E-state index in [4.69, 9.17) is 5.11 Å². The lowest BCUT2D eigenvalue weighted by molar-refractivity contribution is -0.137. The molecule has 1 saturated carbocycles. The largest absolute Gasteiger partial charge is 0.481 e. The van der Waals surface area contributed by atoms with E-state index in [9.17, 15) is 9.59 Å². The van der Waals surface area contributed by atoms with Crippen LogP contribution in [0.4, 0.5) is 4.79 Å². The van der Waals surface area contributed by atoms with Crippen LogP contribution >= 0.6 is 0 Å². The number of rotatable bonds is 6. The van der Waals surface area contributed by atoms with Crippen molar-refractivity contribution in [1.82, 2.24) is 10.2 Å². The maximum absolute atomic E-state index is 11.9. The number of amides is 2. The van der Waals surface area contributed by atoms with Gasteiger partial charge in [-0.3, -0.25) is 4.79 Å². The monoisotopic (exact) mass is 256 g/mol. The highest BCUT2D eigenvalue weighted by Crippen LogP contribution is 2.26. The molecular formula is C13H24N2O3. The second kappa shape index (κ2) is 6.07. The number of carbonyl (C=O) groups excluding carboxylic acids is 1. The van der Waals surface area contributed by atoms with E-state index in [0.29, 0.717) is 12.3 Å². The molecular weight excluding hydrogens is 232 g/mol. The molecule has 0 heterocycles. The Bertz CT molecular complexity index is 311. The predicted octanol–water partition coefficient (Wildman–Crippen LogP) is 2.07. The van der Waals surface area contributed by atoms with E-state index in [1.54, 1.807) is 11.9 Å². The van der Waals surface area contributed by atoms with Crippen molar-refractivity contribution in [1.29, 1.82) is 0 Å². The van der Waals surface area contributed by atoms with E-state index in [1.807, 2.05) is 13.8 Å².